The van der Waals surface area contributed by atoms with Gasteiger partial charge >= 0.3 is 5.97 Å². The summed E-state index contributed by atoms with van der Waals surface area (Å²) in [7, 11) is 0. The Balaban J connectivity index is 1.46. The minimum atomic E-state index is -0.495. The van der Waals surface area contributed by atoms with Gasteiger partial charge in [-0.15, -0.1) is 0 Å². The van der Waals surface area contributed by atoms with Crippen LogP contribution in [0.3, 0.4) is 0 Å². The normalized spacial score (nSPS) is 18.0. The summed E-state index contributed by atoms with van der Waals surface area (Å²) in [5.41, 5.74) is 2.82. The van der Waals surface area contributed by atoms with Gasteiger partial charge in [-0.25, -0.2) is 9.78 Å². The zero-order chi connectivity index (χ0) is 21.1. The third-order valence-electron chi connectivity index (χ3n) is 6.00. The number of esters is 1. The summed E-state index contributed by atoms with van der Waals surface area (Å²) in [6, 6.07) is 0. The number of rotatable bonds is 6. The molecule has 0 unspecified atom stereocenters. The molecule has 2 aliphatic heterocycles. The highest BCUT2D eigenvalue weighted by Gasteiger charge is 2.39. The van der Waals surface area contributed by atoms with Gasteiger partial charge in [-0.1, -0.05) is 0 Å². The van der Waals surface area contributed by atoms with Crippen molar-refractivity contribution in [3.8, 4) is 0 Å². The molecule has 2 aromatic rings. The lowest BCUT2D eigenvalue weighted by Crippen LogP contribution is -2.40. The Morgan fingerprint density at radius 1 is 1.37 bits per heavy atom. The molecule has 4 heterocycles. The molecule has 1 saturated heterocycles. The topological polar surface area (TPSA) is 108 Å². The maximum atomic E-state index is 12.8. The fraction of sp³-hybridized carbons (Fsp3) is 0.619. The average Bonchev–Trinajstić information content (AvgIpc) is 3.30. The molecule has 0 atom stereocenters. The van der Waals surface area contributed by atoms with Gasteiger partial charge in [-0.2, -0.15) is 5.10 Å². The molecule has 1 fully saturated rings. The first kappa shape index (κ1) is 20.6. The zero-order valence-corrected chi connectivity index (χ0v) is 17.5. The second-order valence-corrected chi connectivity index (χ2v) is 8.05. The maximum absolute atomic E-state index is 12.8. The summed E-state index contributed by atoms with van der Waals surface area (Å²) >= 11 is 0. The number of oxazole rings is 1. The Labute approximate surface area is 175 Å². The van der Waals surface area contributed by atoms with Crippen LogP contribution in [0.25, 0.3) is 0 Å². The van der Waals surface area contributed by atoms with E-state index >= 15 is 0 Å². The number of nitrogens with one attached hydrogen (secondary N) is 1. The highest BCUT2D eigenvalue weighted by molar-refractivity contribution is 5.94. The molecule has 30 heavy (non-hydrogen) atoms. The predicted octanol–water partition coefficient (Wildman–Crippen LogP) is 2.07. The number of carbonyl (C=O) groups excluding carboxylic acids is 2. The number of ether oxygens (including phenoxy) is 2. The number of carbonyl (C=O) groups is 2. The number of hydrogen-bond acceptors (Lipinski definition) is 7. The second-order valence-electron chi connectivity index (χ2n) is 8.05. The molecule has 0 aromatic carbocycles. The van der Waals surface area contributed by atoms with Gasteiger partial charge in [0.05, 0.1) is 12.3 Å². The van der Waals surface area contributed by atoms with E-state index in [0.717, 1.165) is 43.7 Å². The number of hydrogen-bond donors (Lipinski definition) is 1. The van der Waals surface area contributed by atoms with Crippen molar-refractivity contribution in [2.75, 3.05) is 26.4 Å². The molecule has 9 nitrogen and oxygen atoms in total. The van der Waals surface area contributed by atoms with Crippen LogP contribution < -0.4 is 5.32 Å². The average molecular weight is 416 g/mol. The van der Waals surface area contributed by atoms with Crippen LogP contribution in [0.15, 0.2) is 10.7 Å². The molecule has 0 aliphatic carbocycles. The number of aromatic nitrogens is 3. The van der Waals surface area contributed by atoms with Crippen molar-refractivity contribution in [2.24, 2.45) is 5.41 Å². The molecule has 1 N–H and O–H groups in total. The van der Waals surface area contributed by atoms with Crippen LogP contribution in [0.1, 0.15) is 64.3 Å². The molecule has 0 bridgehead atoms. The van der Waals surface area contributed by atoms with Gasteiger partial charge in [0.15, 0.2) is 11.6 Å². The largest absolute Gasteiger partial charge is 0.461 e. The van der Waals surface area contributed by atoms with E-state index in [9.17, 15) is 9.59 Å². The molecule has 0 radical (unpaired) electrons. The SMILES string of the molecule is CCn1nc(CCCOC(=O)c2coc(C)n2)c2c1C(=O)NCC1(CCOCC1)C2. The lowest BCUT2D eigenvalue weighted by molar-refractivity contribution is 0.0160. The van der Waals surface area contributed by atoms with Crippen LogP contribution in [0.5, 0.6) is 0 Å². The monoisotopic (exact) mass is 416 g/mol. The highest BCUT2D eigenvalue weighted by Crippen LogP contribution is 2.37. The van der Waals surface area contributed by atoms with Crippen molar-refractivity contribution in [3.63, 3.8) is 0 Å². The molecular formula is C21H28N4O5. The van der Waals surface area contributed by atoms with Crippen LogP contribution in [0.2, 0.25) is 0 Å². The number of amides is 1. The molecule has 1 spiro atoms. The molecule has 2 aliphatic rings. The summed E-state index contributed by atoms with van der Waals surface area (Å²) in [4.78, 5) is 28.8. The van der Waals surface area contributed by atoms with Crippen molar-refractivity contribution >= 4 is 11.9 Å². The quantitative estimate of drug-likeness (QED) is 0.567. The third kappa shape index (κ3) is 4.12. The van der Waals surface area contributed by atoms with Gasteiger partial charge in [0.2, 0.25) is 0 Å². The van der Waals surface area contributed by atoms with E-state index in [0.29, 0.717) is 37.5 Å². The van der Waals surface area contributed by atoms with Crippen molar-refractivity contribution in [1.82, 2.24) is 20.1 Å². The fourth-order valence-corrected chi connectivity index (χ4v) is 4.30. The first-order valence-corrected chi connectivity index (χ1v) is 10.5. The Morgan fingerprint density at radius 3 is 2.87 bits per heavy atom. The molecular weight excluding hydrogens is 388 g/mol. The number of fused-ring (bicyclic) bond motifs is 1. The highest BCUT2D eigenvalue weighted by atomic mass is 16.5. The van der Waals surface area contributed by atoms with Gasteiger partial charge in [-0.05, 0) is 44.4 Å². The summed E-state index contributed by atoms with van der Waals surface area (Å²) in [5, 5.41) is 7.83. The molecule has 4 rings (SSSR count). The number of aryl methyl sites for hydroxylation is 3. The van der Waals surface area contributed by atoms with Crippen LogP contribution in [-0.4, -0.2) is 53.0 Å². The second kappa shape index (κ2) is 8.59. The van der Waals surface area contributed by atoms with E-state index in [1.807, 2.05) is 6.92 Å². The maximum Gasteiger partial charge on any atom is 0.360 e. The summed E-state index contributed by atoms with van der Waals surface area (Å²) in [6.45, 7) is 6.66. The van der Waals surface area contributed by atoms with Crippen molar-refractivity contribution in [3.05, 3.63) is 34.8 Å². The van der Waals surface area contributed by atoms with E-state index in [-0.39, 0.29) is 23.6 Å². The molecule has 1 amide bonds. The summed E-state index contributed by atoms with van der Waals surface area (Å²) in [6.07, 6.45) is 5.23. The number of nitrogens with zero attached hydrogens (tertiary/aromatic N) is 3. The lowest BCUT2D eigenvalue weighted by atomic mass is 9.75. The van der Waals surface area contributed by atoms with Crippen molar-refractivity contribution in [2.45, 2.75) is 52.5 Å². The first-order valence-electron chi connectivity index (χ1n) is 10.5. The minimum Gasteiger partial charge on any atom is -0.461 e. The van der Waals surface area contributed by atoms with E-state index in [1.54, 1.807) is 11.6 Å². The van der Waals surface area contributed by atoms with Gasteiger partial charge in [0, 0.05) is 38.8 Å². The fourth-order valence-electron chi connectivity index (χ4n) is 4.30. The first-order chi connectivity index (χ1) is 14.5. The standard InChI is InChI=1S/C21H28N4O5/c1-3-25-18-15(11-21(13-22-19(18)26)6-9-28-10-7-21)16(24-25)5-4-8-29-20(27)17-12-30-14(2)23-17/h12H,3-11,13H2,1-2H3,(H,22,26). The Bertz CT molecular complexity index is 926. The zero-order valence-electron chi connectivity index (χ0n) is 17.5. The van der Waals surface area contributed by atoms with Gasteiger partial charge < -0.3 is 19.2 Å². The molecule has 9 heteroatoms. The van der Waals surface area contributed by atoms with Crippen LogP contribution in [-0.2, 0) is 28.9 Å². The lowest BCUT2D eigenvalue weighted by Gasteiger charge is -2.36. The van der Waals surface area contributed by atoms with Gasteiger partial charge in [-0.3, -0.25) is 9.48 Å². The van der Waals surface area contributed by atoms with Crippen LogP contribution >= 0.6 is 0 Å². The van der Waals surface area contributed by atoms with Crippen LogP contribution in [0.4, 0.5) is 0 Å². The Morgan fingerprint density at radius 2 is 2.17 bits per heavy atom. The summed E-state index contributed by atoms with van der Waals surface area (Å²) < 4.78 is 17.7. The van der Waals surface area contributed by atoms with E-state index in [4.69, 9.17) is 19.0 Å². The van der Waals surface area contributed by atoms with Gasteiger partial charge in [0.25, 0.3) is 5.91 Å². The smallest absolute Gasteiger partial charge is 0.360 e. The predicted molar refractivity (Wildman–Crippen MR) is 106 cm³/mol. The molecule has 0 saturated carbocycles. The Kier molecular flexibility index (Phi) is 5.90. The van der Waals surface area contributed by atoms with Crippen molar-refractivity contribution in [1.29, 1.82) is 0 Å². The molecule has 162 valence electrons. The third-order valence-corrected chi connectivity index (χ3v) is 6.00. The minimum absolute atomic E-state index is 0.0206. The van der Waals surface area contributed by atoms with Crippen molar-refractivity contribution < 1.29 is 23.5 Å². The molecule has 2 aromatic heterocycles. The van der Waals surface area contributed by atoms with Crippen LogP contribution in [0, 0.1) is 12.3 Å². The van der Waals surface area contributed by atoms with E-state index in [2.05, 4.69) is 10.3 Å². The van der Waals surface area contributed by atoms with Gasteiger partial charge in [0.1, 0.15) is 12.0 Å². The Hall–Kier alpha value is -2.68. The van der Waals surface area contributed by atoms with E-state index < -0.39 is 5.97 Å². The van der Waals surface area contributed by atoms with E-state index in [1.165, 1.54) is 6.26 Å². The summed E-state index contributed by atoms with van der Waals surface area (Å²) in [5.74, 6) is -0.123.